The highest BCUT2D eigenvalue weighted by Gasteiger charge is 2.18. The van der Waals surface area contributed by atoms with Crippen molar-refractivity contribution in [2.24, 2.45) is 0 Å². The second kappa shape index (κ2) is 6.29. The van der Waals surface area contributed by atoms with E-state index in [1.807, 2.05) is 6.07 Å². The van der Waals surface area contributed by atoms with Crippen molar-refractivity contribution >= 4 is 18.3 Å². The Balaban J connectivity index is 1.82. The molecule has 1 aliphatic rings. The lowest BCUT2D eigenvalue weighted by Crippen LogP contribution is -2.21. The van der Waals surface area contributed by atoms with Gasteiger partial charge in [-0.15, -0.1) is 0 Å². The first-order valence-electron chi connectivity index (χ1n) is 6.45. The Morgan fingerprint density at radius 3 is 2.82 bits per heavy atom. The van der Waals surface area contributed by atoms with E-state index in [0.29, 0.717) is 0 Å². The van der Waals surface area contributed by atoms with Crippen molar-refractivity contribution in [1.29, 1.82) is 0 Å². The molecule has 0 saturated heterocycles. The van der Waals surface area contributed by atoms with Crippen LogP contribution in [0.15, 0.2) is 18.2 Å². The largest absolute Gasteiger partial charge is 0.371 e. The zero-order valence-corrected chi connectivity index (χ0v) is 11.1. The van der Waals surface area contributed by atoms with Gasteiger partial charge in [-0.05, 0) is 42.7 Å². The summed E-state index contributed by atoms with van der Waals surface area (Å²) in [4.78, 5) is 2.32. The fourth-order valence-corrected chi connectivity index (χ4v) is 2.64. The fraction of sp³-hybridized carbons (Fsp3) is 0.571. The number of thiol groups is 1. The average molecular weight is 253 g/mol. The predicted octanol–water partition coefficient (Wildman–Crippen LogP) is 3.68. The fourth-order valence-electron chi connectivity index (χ4n) is 2.42. The van der Waals surface area contributed by atoms with Crippen molar-refractivity contribution in [2.45, 2.75) is 32.1 Å². The zero-order chi connectivity index (χ0) is 12.1. The summed E-state index contributed by atoms with van der Waals surface area (Å²) in [5.74, 6) is 0.864. The summed E-state index contributed by atoms with van der Waals surface area (Å²) in [6.07, 6.45) is 5.97. The highest BCUT2D eigenvalue weighted by molar-refractivity contribution is 7.80. The van der Waals surface area contributed by atoms with E-state index in [0.717, 1.165) is 31.0 Å². The van der Waals surface area contributed by atoms with Gasteiger partial charge >= 0.3 is 0 Å². The van der Waals surface area contributed by atoms with Gasteiger partial charge in [-0.3, -0.25) is 0 Å². The van der Waals surface area contributed by atoms with Crippen LogP contribution >= 0.6 is 12.6 Å². The van der Waals surface area contributed by atoms with E-state index < -0.39 is 0 Å². The number of benzene rings is 1. The monoisotopic (exact) mass is 253 g/mol. The van der Waals surface area contributed by atoms with Crippen LogP contribution in [0.2, 0.25) is 0 Å². The molecule has 0 unspecified atom stereocenters. The summed E-state index contributed by atoms with van der Waals surface area (Å²) >= 11 is 4.21. The van der Waals surface area contributed by atoms with Gasteiger partial charge in [0.05, 0.1) is 0 Å². The van der Waals surface area contributed by atoms with E-state index in [-0.39, 0.29) is 5.82 Å². The quantitative estimate of drug-likeness (QED) is 0.598. The molecule has 0 fully saturated rings. The molecule has 1 nitrogen and oxygen atoms in total. The van der Waals surface area contributed by atoms with E-state index in [1.54, 1.807) is 12.1 Å². The molecule has 0 atom stereocenters. The van der Waals surface area contributed by atoms with Gasteiger partial charge in [-0.25, -0.2) is 4.39 Å². The summed E-state index contributed by atoms with van der Waals surface area (Å²) in [6.45, 7) is 2.11. The Kier molecular flexibility index (Phi) is 4.72. The molecule has 1 aliphatic heterocycles. The van der Waals surface area contributed by atoms with Crippen molar-refractivity contribution in [3.8, 4) is 0 Å². The van der Waals surface area contributed by atoms with Crippen LogP contribution in [0.4, 0.5) is 10.1 Å². The Hall–Kier alpha value is -0.700. The first-order chi connectivity index (χ1) is 8.31. The van der Waals surface area contributed by atoms with E-state index in [2.05, 4.69) is 17.5 Å². The number of rotatable bonds is 6. The van der Waals surface area contributed by atoms with Crippen LogP contribution in [0.5, 0.6) is 0 Å². The zero-order valence-electron chi connectivity index (χ0n) is 10.2. The van der Waals surface area contributed by atoms with Gasteiger partial charge in [-0.2, -0.15) is 12.6 Å². The highest BCUT2D eigenvalue weighted by Crippen LogP contribution is 2.28. The maximum absolute atomic E-state index is 13.2. The Bertz CT molecular complexity index is 367. The van der Waals surface area contributed by atoms with Crippen LogP contribution in [0.1, 0.15) is 31.2 Å². The number of fused-ring (bicyclic) bond motifs is 1. The maximum atomic E-state index is 13.2. The SMILES string of the molecule is Fc1ccc2c(c1)N(CCCCCCS)CC2. The maximum Gasteiger partial charge on any atom is 0.125 e. The molecule has 1 heterocycles. The van der Waals surface area contributed by atoms with Crippen LogP contribution in [0.3, 0.4) is 0 Å². The molecule has 3 heteroatoms. The molecule has 0 aromatic heterocycles. The minimum atomic E-state index is -0.120. The normalized spacial score (nSPS) is 14.1. The molecule has 94 valence electrons. The minimum Gasteiger partial charge on any atom is -0.371 e. The van der Waals surface area contributed by atoms with Gasteiger partial charge in [0.1, 0.15) is 5.82 Å². The molecule has 2 rings (SSSR count). The predicted molar refractivity (Wildman–Crippen MR) is 74.6 cm³/mol. The summed E-state index contributed by atoms with van der Waals surface area (Å²) in [6, 6.07) is 5.16. The number of hydrogen-bond donors (Lipinski definition) is 1. The van der Waals surface area contributed by atoms with E-state index in [1.165, 1.54) is 31.2 Å². The Morgan fingerprint density at radius 2 is 2.00 bits per heavy atom. The number of nitrogens with zero attached hydrogens (tertiary/aromatic N) is 1. The van der Waals surface area contributed by atoms with Gasteiger partial charge in [0.25, 0.3) is 0 Å². The third kappa shape index (κ3) is 3.38. The summed E-state index contributed by atoms with van der Waals surface area (Å²) in [5.41, 5.74) is 2.40. The molecule has 0 N–H and O–H groups in total. The minimum absolute atomic E-state index is 0.120. The molecule has 0 spiro atoms. The van der Waals surface area contributed by atoms with E-state index in [9.17, 15) is 4.39 Å². The molecular formula is C14H20FNS. The molecular weight excluding hydrogens is 233 g/mol. The van der Waals surface area contributed by atoms with E-state index >= 15 is 0 Å². The summed E-state index contributed by atoms with van der Waals surface area (Å²) in [7, 11) is 0. The van der Waals surface area contributed by atoms with Crippen LogP contribution < -0.4 is 4.90 Å². The molecule has 0 radical (unpaired) electrons. The lowest BCUT2D eigenvalue weighted by Gasteiger charge is -2.19. The molecule has 0 aliphatic carbocycles. The van der Waals surface area contributed by atoms with Crippen molar-refractivity contribution in [1.82, 2.24) is 0 Å². The third-order valence-electron chi connectivity index (χ3n) is 3.38. The first kappa shape index (κ1) is 12.7. The standard InChI is InChI=1S/C14H20FNS/c15-13-6-5-12-7-9-16(14(12)11-13)8-3-1-2-4-10-17/h5-6,11,17H,1-4,7-10H2. The van der Waals surface area contributed by atoms with E-state index in [4.69, 9.17) is 0 Å². The molecule has 0 bridgehead atoms. The van der Waals surface area contributed by atoms with Gasteiger partial charge < -0.3 is 4.90 Å². The summed E-state index contributed by atoms with van der Waals surface area (Å²) in [5, 5.41) is 0. The molecule has 0 amide bonds. The van der Waals surface area contributed by atoms with Gasteiger partial charge in [0.15, 0.2) is 0 Å². The van der Waals surface area contributed by atoms with Crippen LogP contribution in [-0.2, 0) is 6.42 Å². The Morgan fingerprint density at radius 1 is 1.18 bits per heavy atom. The highest BCUT2D eigenvalue weighted by atomic mass is 32.1. The number of hydrogen-bond acceptors (Lipinski definition) is 2. The third-order valence-corrected chi connectivity index (χ3v) is 3.69. The smallest absolute Gasteiger partial charge is 0.125 e. The van der Waals surface area contributed by atoms with Crippen LogP contribution in [0.25, 0.3) is 0 Å². The summed E-state index contributed by atoms with van der Waals surface area (Å²) < 4.78 is 13.2. The van der Waals surface area contributed by atoms with Crippen molar-refractivity contribution in [3.05, 3.63) is 29.6 Å². The van der Waals surface area contributed by atoms with Crippen molar-refractivity contribution < 1.29 is 4.39 Å². The molecule has 1 aromatic carbocycles. The van der Waals surface area contributed by atoms with Gasteiger partial charge in [0.2, 0.25) is 0 Å². The van der Waals surface area contributed by atoms with Gasteiger partial charge in [0, 0.05) is 18.8 Å². The second-order valence-electron chi connectivity index (χ2n) is 4.65. The molecule has 0 saturated carbocycles. The Labute approximate surface area is 108 Å². The van der Waals surface area contributed by atoms with Crippen LogP contribution in [-0.4, -0.2) is 18.8 Å². The van der Waals surface area contributed by atoms with Crippen molar-refractivity contribution in [2.75, 3.05) is 23.7 Å². The molecule has 17 heavy (non-hydrogen) atoms. The lowest BCUT2D eigenvalue weighted by atomic mass is 10.1. The molecule has 1 aromatic rings. The van der Waals surface area contributed by atoms with Gasteiger partial charge in [-0.1, -0.05) is 18.9 Å². The van der Waals surface area contributed by atoms with Crippen LogP contribution in [0, 0.1) is 5.82 Å². The number of halogens is 1. The number of unbranched alkanes of at least 4 members (excludes halogenated alkanes) is 3. The lowest BCUT2D eigenvalue weighted by molar-refractivity contribution is 0.625. The second-order valence-corrected chi connectivity index (χ2v) is 5.10. The first-order valence-corrected chi connectivity index (χ1v) is 7.09. The van der Waals surface area contributed by atoms with Crippen molar-refractivity contribution in [3.63, 3.8) is 0 Å². The average Bonchev–Trinajstić information content (AvgIpc) is 2.72. The number of anilines is 1. The topological polar surface area (TPSA) is 3.24 Å².